The largest absolute Gasteiger partial charge is 0.512 e. The fourth-order valence-corrected chi connectivity index (χ4v) is 7.86. The van der Waals surface area contributed by atoms with Crippen molar-refractivity contribution in [3.8, 4) is 5.97 Å². The van der Waals surface area contributed by atoms with Crippen LogP contribution in [-0.4, -0.2) is 130 Å². The summed E-state index contributed by atoms with van der Waals surface area (Å²) in [5.41, 5.74) is 8.56. The molecule has 2 aromatic rings. The van der Waals surface area contributed by atoms with E-state index >= 15 is 0 Å². The van der Waals surface area contributed by atoms with Gasteiger partial charge in [0.25, 0.3) is 6.71 Å². The van der Waals surface area contributed by atoms with E-state index in [0.717, 1.165) is 63.0 Å². The zero-order chi connectivity index (χ0) is 45.6. The molecule has 12 nitrogen and oxygen atoms in total. The van der Waals surface area contributed by atoms with E-state index in [-0.39, 0.29) is 54.9 Å². The highest BCUT2D eigenvalue weighted by atomic mass is 16.5. The van der Waals surface area contributed by atoms with Gasteiger partial charge in [0.05, 0.1) is 32.1 Å². The second-order valence-corrected chi connectivity index (χ2v) is 15.8. The highest BCUT2D eigenvalue weighted by Crippen LogP contribution is 2.35. The van der Waals surface area contributed by atoms with Crippen molar-refractivity contribution in [1.29, 1.82) is 5.26 Å². The number of aryl methyl sites for hydroxylation is 1. The average molecular weight is 844 g/mol. The number of carbonyl (C=O) groups is 2. The van der Waals surface area contributed by atoms with Gasteiger partial charge in [-0.3, -0.25) is 14.5 Å². The lowest BCUT2D eigenvalue weighted by Gasteiger charge is -2.57. The molecular weight excluding hydrogens is 765 g/mol. The summed E-state index contributed by atoms with van der Waals surface area (Å²) < 4.78 is 10.6. The van der Waals surface area contributed by atoms with E-state index in [0.29, 0.717) is 45.7 Å². The van der Waals surface area contributed by atoms with Gasteiger partial charge in [-0.25, -0.2) is 5.26 Å². The van der Waals surface area contributed by atoms with Gasteiger partial charge < -0.3 is 40.7 Å². The van der Waals surface area contributed by atoms with Gasteiger partial charge in [0.15, 0.2) is 0 Å². The first-order valence-corrected chi connectivity index (χ1v) is 22.0. The van der Waals surface area contributed by atoms with Crippen molar-refractivity contribution in [3.05, 3.63) is 109 Å². The maximum atomic E-state index is 14.5. The average Bonchev–Trinajstić information content (AvgIpc) is 3.24. The minimum atomic E-state index is -0.359. The fraction of sp³-hybridized carbons (Fsp3) is 0.562. The second-order valence-electron chi connectivity index (χ2n) is 15.8. The van der Waals surface area contributed by atoms with Crippen molar-refractivity contribution in [2.45, 2.75) is 104 Å². The molecule has 13 heteroatoms. The Morgan fingerprint density at radius 1 is 1.03 bits per heavy atom. The smallest absolute Gasteiger partial charge is 0.270 e. The first kappa shape index (κ1) is 54.4. The maximum absolute atomic E-state index is 14.5. The molecule has 3 aliphatic rings. The Bertz CT molecular complexity index is 1560. The van der Waals surface area contributed by atoms with E-state index in [1.54, 1.807) is 7.11 Å². The summed E-state index contributed by atoms with van der Waals surface area (Å²) in [7, 11) is 3.61. The number of unbranched alkanes of at least 4 members (excludes halogenated alkanes) is 1. The zero-order valence-electron chi connectivity index (χ0n) is 38.5. The number of nitrogens with zero attached hydrogens (tertiary/aromatic N) is 4. The molecule has 3 saturated heterocycles. The van der Waals surface area contributed by atoms with Crippen molar-refractivity contribution >= 4 is 19.0 Å². The summed E-state index contributed by atoms with van der Waals surface area (Å²) in [5, 5.41) is 26.4. The Balaban J connectivity index is 0.00000135. The van der Waals surface area contributed by atoms with Gasteiger partial charge >= 0.3 is 0 Å². The minimum Gasteiger partial charge on any atom is -0.512 e. The molecule has 5 rings (SSSR count). The van der Waals surface area contributed by atoms with Crippen molar-refractivity contribution in [2.24, 2.45) is 11.7 Å². The Morgan fingerprint density at radius 2 is 1.64 bits per heavy atom. The van der Waals surface area contributed by atoms with Crippen LogP contribution in [0.2, 0.25) is 12.6 Å². The van der Waals surface area contributed by atoms with E-state index in [1.807, 2.05) is 45.2 Å². The summed E-state index contributed by atoms with van der Waals surface area (Å²) in [5.74, 6) is 2.95. The van der Waals surface area contributed by atoms with Crippen LogP contribution in [0.25, 0.3) is 0 Å². The number of hydrogen-bond acceptors (Lipinski definition) is 10. The SMILES string of the molecule is C=C(O)CN1CC2CC(C1)N2C(=O)C(CCCCB(C#N)CCOCCOC)N(C(=C)CNC(=C)C(CNC)Cc1ccccc1)C(C)C.CC.Cc1ccccc1.NC=O. The molecule has 0 aromatic heterocycles. The van der Waals surface area contributed by atoms with Gasteiger partial charge in [-0.2, -0.15) is 0 Å². The maximum Gasteiger partial charge on any atom is 0.270 e. The van der Waals surface area contributed by atoms with Gasteiger partial charge in [-0.15, -0.1) is 0 Å². The summed E-state index contributed by atoms with van der Waals surface area (Å²) in [6.45, 7) is 27.7. The van der Waals surface area contributed by atoms with Crippen LogP contribution < -0.4 is 16.4 Å². The number of nitrogens with one attached hydrogen (secondary N) is 2. The zero-order valence-corrected chi connectivity index (χ0v) is 38.5. The summed E-state index contributed by atoms with van der Waals surface area (Å²) in [4.78, 5) is 29.6. The van der Waals surface area contributed by atoms with Crippen LogP contribution in [0.5, 0.6) is 0 Å². The van der Waals surface area contributed by atoms with Crippen LogP contribution in [0, 0.1) is 24.1 Å². The van der Waals surface area contributed by atoms with Crippen LogP contribution in [0.1, 0.15) is 64.5 Å². The Labute approximate surface area is 369 Å². The summed E-state index contributed by atoms with van der Waals surface area (Å²) in [6.07, 6.45) is 5.95. The lowest BCUT2D eigenvalue weighted by Crippen LogP contribution is -2.72. The highest BCUT2D eigenvalue weighted by molar-refractivity contribution is 6.66. The van der Waals surface area contributed by atoms with Crippen LogP contribution in [-0.2, 0) is 25.5 Å². The number of nitrogens with two attached hydrogens (primary N) is 1. The number of carbonyl (C=O) groups excluding carboxylic acids is 2. The molecule has 3 aliphatic heterocycles. The van der Waals surface area contributed by atoms with Crippen molar-refractivity contribution in [2.75, 3.05) is 66.7 Å². The molecule has 2 bridgehead atoms. The second kappa shape index (κ2) is 32.2. The molecule has 4 unspecified atom stereocenters. The molecular formula is C48H78BN7O5. The number of ether oxygens (including phenoxy) is 2. The predicted octanol–water partition coefficient (Wildman–Crippen LogP) is 6.63. The first-order valence-electron chi connectivity index (χ1n) is 22.0. The lowest BCUT2D eigenvalue weighted by atomic mass is 9.46. The standard InChI is InChI=1S/C38H61BN6O4.C7H8.C2H6.CH3NO/c1-29(2)44(30(3)23-42-32(5)34(24-41-6)21-33-13-9-8-10-14-33)37(15-11-12-16-39(28-40)17-18-49-20-19-48-7)38(47)45-35-22-36(45)27-43(26-35)25-31(4)46;1-7-5-3-2-4-6-7;1-2;2-1-3/h8-10,13-14,29,34-37,41-42,46H,3-5,11-12,15-27H2,1-2,6-7H3;2-6H,1H3;1-2H3;1H,(H2,2,3). The third-order valence-corrected chi connectivity index (χ3v) is 10.7. The predicted molar refractivity (Wildman–Crippen MR) is 252 cm³/mol. The van der Waals surface area contributed by atoms with Gasteiger partial charge in [0.2, 0.25) is 12.3 Å². The van der Waals surface area contributed by atoms with Gasteiger partial charge in [0, 0.05) is 74.8 Å². The number of piperazine rings is 1. The number of piperidine rings is 1. The summed E-state index contributed by atoms with van der Waals surface area (Å²) >= 11 is 0. The van der Waals surface area contributed by atoms with E-state index in [4.69, 9.17) is 14.3 Å². The number of nitriles is 1. The van der Waals surface area contributed by atoms with Crippen LogP contribution in [0.4, 0.5) is 0 Å². The Kier molecular flexibility index (Phi) is 28.7. The number of hydrogen-bond donors (Lipinski definition) is 4. The molecule has 0 radical (unpaired) electrons. The molecule has 2 aromatic carbocycles. The van der Waals surface area contributed by atoms with Gasteiger partial charge in [0.1, 0.15) is 6.04 Å². The van der Waals surface area contributed by atoms with E-state index < -0.39 is 0 Å². The third-order valence-electron chi connectivity index (χ3n) is 10.7. The molecule has 2 amide bonds. The number of rotatable bonds is 25. The van der Waals surface area contributed by atoms with Crippen LogP contribution in [0.15, 0.2) is 97.6 Å². The number of aliphatic hydroxyl groups excluding tert-OH is 1. The number of aliphatic hydroxyl groups is 1. The fourth-order valence-electron chi connectivity index (χ4n) is 7.86. The molecule has 0 saturated carbocycles. The number of benzene rings is 2. The molecule has 3 heterocycles. The molecule has 4 atom stereocenters. The van der Waals surface area contributed by atoms with E-state index in [2.05, 4.69) is 114 Å². The van der Waals surface area contributed by atoms with Gasteiger partial charge in [-0.1, -0.05) is 119 Å². The minimum absolute atomic E-state index is 0.0559. The first-order chi connectivity index (χ1) is 29.4. The molecule has 0 spiro atoms. The normalized spacial score (nSPS) is 16.0. The summed E-state index contributed by atoms with van der Waals surface area (Å²) in [6, 6.07) is 20.7. The molecule has 3 fully saturated rings. The molecule has 5 N–H and O–H groups in total. The highest BCUT2D eigenvalue weighted by Gasteiger charge is 2.49. The number of primary amides is 1. The van der Waals surface area contributed by atoms with Gasteiger partial charge in [-0.05, 0) is 59.0 Å². The number of fused-ring (bicyclic) bond motifs is 2. The van der Waals surface area contributed by atoms with Crippen LogP contribution >= 0.6 is 0 Å². The third kappa shape index (κ3) is 20.7. The number of methoxy groups -OCH3 is 1. The Hall–Kier alpha value is -4.61. The molecule has 338 valence electrons. The molecule has 61 heavy (non-hydrogen) atoms. The van der Waals surface area contributed by atoms with E-state index in [9.17, 15) is 15.2 Å². The monoisotopic (exact) mass is 844 g/mol. The van der Waals surface area contributed by atoms with E-state index in [1.165, 1.54) is 11.1 Å². The topological polar surface area (TPSA) is 156 Å². The number of amides is 2. The van der Waals surface area contributed by atoms with Crippen molar-refractivity contribution in [3.63, 3.8) is 0 Å². The lowest BCUT2D eigenvalue weighted by molar-refractivity contribution is -0.160. The molecule has 0 aliphatic carbocycles. The quantitative estimate of drug-likeness (QED) is 0.0371. The van der Waals surface area contributed by atoms with Crippen molar-refractivity contribution in [1.82, 2.24) is 25.3 Å². The van der Waals surface area contributed by atoms with Crippen LogP contribution in [0.3, 0.4) is 0 Å². The van der Waals surface area contributed by atoms with Crippen molar-refractivity contribution < 1.29 is 24.2 Å². The Morgan fingerprint density at radius 3 is 2.15 bits per heavy atom.